The Morgan fingerprint density at radius 2 is 1.85 bits per heavy atom. The maximum absolute atomic E-state index is 12.8. The van der Waals surface area contributed by atoms with E-state index in [1.54, 1.807) is 24.5 Å². The molecule has 26 heavy (non-hydrogen) atoms. The molecule has 2 aliphatic heterocycles. The Hall–Kier alpha value is -2.25. The number of amides is 1. The highest BCUT2D eigenvalue weighted by Crippen LogP contribution is 2.27. The molecule has 1 saturated heterocycles. The molecule has 4 heterocycles. The molecule has 138 valence electrons. The normalized spacial score (nSPS) is 21.6. The summed E-state index contributed by atoms with van der Waals surface area (Å²) in [7, 11) is 2.17. The van der Waals surface area contributed by atoms with Crippen molar-refractivity contribution in [3.63, 3.8) is 0 Å². The minimum absolute atomic E-state index is 0.0225. The quantitative estimate of drug-likeness (QED) is 0.830. The number of carbonyl (C=O) groups is 1. The molecule has 7 heteroatoms. The molecule has 0 aliphatic carbocycles. The minimum atomic E-state index is -0.0225. The van der Waals surface area contributed by atoms with Crippen molar-refractivity contribution in [1.29, 1.82) is 0 Å². The summed E-state index contributed by atoms with van der Waals surface area (Å²) >= 11 is 0. The van der Waals surface area contributed by atoms with Gasteiger partial charge >= 0.3 is 0 Å². The SMILES string of the molecule is C[C@H]1c2ncc(CN3CCN(C)CC3)n2CCN1C(=O)c1ccncc1. The van der Waals surface area contributed by atoms with Crippen LogP contribution in [0.2, 0.25) is 0 Å². The first kappa shape index (κ1) is 17.2. The summed E-state index contributed by atoms with van der Waals surface area (Å²) in [5.41, 5.74) is 1.94. The lowest BCUT2D eigenvalue weighted by Gasteiger charge is -2.36. The van der Waals surface area contributed by atoms with Gasteiger partial charge in [0.1, 0.15) is 5.82 Å². The van der Waals surface area contributed by atoms with Crippen molar-refractivity contribution in [2.24, 2.45) is 0 Å². The number of imidazole rings is 1. The van der Waals surface area contributed by atoms with Crippen LogP contribution in [-0.4, -0.2) is 74.9 Å². The molecule has 1 amide bonds. The van der Waals surface area contributed by atoms with E-state index in [1.807, 2.05) is 11.1 Å². The molecule has 1 atom stereocenters. The Bertz CT molecular complexity index is 766. The van der Waals surface area contributed by atoms with Crippen molar-refractivity contribution >= 4 is 5.91 Å². The molecule has 2 aromatic heterocycles. The topological polar surface area (TPSA) is 57.5 Å². The van der Waals surface area contributed by atoms with E-state index in [0.29, 0.717) is 12.1 Å². The number of hydrogen-bond donors (Lipinski definition) is 0. The largest absolute Gasteiger partial charge is 0.327 e. The first-order valence-electron chi connectivity index (χ1n) is 9.29. The number of likely N-dealkylation sites (N-methyl/N-ethyl adjacent to an activating group) is 1. The molecule has 7 nitrogen and oxygen atoms in total. The maximum atomic E-state index is 12.8. The van der Waals surface area contributed by atoms with E-state index < -0.39 is 0 Å². The van der Waals surface area contributed by atoms with E-state index >= 15 is 0 Å². The van der Waals surface area contributed by atoms with E-state index in [2.05, 4.69) is 38.3 Å². The first-order valence-corrected chi connectivity index (χ1v) is 9.29. The smallest absolute Gasteiger partial charge is 0.254 e. The van der Waals surface area contributed by atoms with E-state index in [1.165, 1.54) is 5.69 Å². The Kier molecular flexibility index (Phi) is 4.74. The number of aromatic nitrogens is 3. The van der Waals surface area contributed by atoms with E-state index in [9.17, 15) is 4.79 Å². The Balaban J connectivity index is 1.49. The molecule has 1 fully saturated rings. The van der Waals surface area contributed by atoms with E-state index in [0.717, 1.165) is 45.1 Å². The standard InChI is InChI=1S/C19H26N6O/c1-15-18-21-13-17(14-23-9-7-22(2)8-10-23)25(18)12-11-24(15)19(26)16-3-5-20-6-4-16/h3-6,13,15H,7-12,14H2,1-2H3/t15-/m0/s1. The van der Waals surface area contributed by atoms with Crippen molar-refractivity contribution < 1.29 is 4.79 Å². The zero-order valence-corrected chi connectivity index (χ0v) is 15.5. The van der Waals surface area contributed by atoms with Crippen molar-refractivity contribution in [2.45, 2.75) is 26.1 Å². The van der Waals surface area contributed by atoms with Crippen LogP contribution in [0, 0.1) is 0 Å². The van der Waals surface area contributed by atoms with Gasteiger partial charge in [-0.25, -0.2) is 4.98 Å². The van der Waals surface area contributed by atoms with Crippen LogP contribution < -0.4 is 0 Å². The van der Waals surface area contributed by atoms with Gasteiger partial charge in [0.2, 0.25) is 0 Å². The van der Waals surface area contributed by atoms with Gasteiger partial charge in [0, 0.05) is 70.0 Å². The van der Waals surface area contributed by atoms with Gasteiger partial charge in [-0.1, -0.05) is 0 Å². The molecule has 0 spiro atoms. The number of hydrogen-bond acceptors (Lipinski definition) is 5. The number of carbonyl (C=O) groups excluding carboxylic acids is 1. The molecule has 0 saturated carbocycles. The fourth-order valence-corrected chi connectivity index (χ4v) is 3.86. The summed E-state index contributed by atoms with van der Waals surface area (Å²) < 4.78 is 2.30. The molecule has 0 N–H and O–H groups in total. The number of fused-ring (bicyclic) bond motifs is 1. The van der Waals surface area contributed by atoms with Crippen molar-refractivity contribution in [1.82, 2.24) is 29.2 Å². The summed E-state index contributed by atoms with van der Waals surface area (Å²) in [5, 5.41) is 0. The predicted molar refractivity (Wildman–Crippen MR) is 98.7 cm³/mol. The van der Waals surface area contributed by atoms with Gasteiger partial charge in [-0.15, -0.1) is 0 Å². The Labute approximate surface area is 154 Å². The van der Waals surface area contributed by atoms with Gasteiger partial charge < -0.3 is 14.4 Å². The Morgan fingerprint density at radius 3 is 2.58 bits per heavy atom. The Morgan fingerprint density at radius 1 is 1.12 bits per heavy atom. The second kappa shape index (κ2) is 7.17. The number of rotatable bonds is 3. The minimum Gasteiger partial charge on any atom is -0.327 e. The third kappa shape index (κ3) is 3.24. The maximum Gasteiger partial charge on any atom is 0.254 e. The monoisotopic (exact) mass is 354 g/mol. The van der Waals surface area contributed by atoms with Crippen LogP contribution in [0.25, 0.3) is 0 Å². The number of piperazine rings is 1. The highest BCUT2D eigenvalue weighted by molar-refractivity contribution is 5.94. The predicted octanol–water partition coefficient (Wildman–Crippen LogP) is 1.24. The van der Waals surface area contributed by atoms with Crippen LogP contribution in [0.4, 0.5) is 0 Å². The molecule has 0 bridgehead atoms. The van der Waals surface area contributed by atoms with Crippen LogP contribution in [-0.2, 0) is 13.1 Å². The molecular weight excluding hydrogens is 328 g/mol. The lowest BCUT2D eigenvalue weighted by atomic mass is 10.1. The second-order valence-electron chi connectivity index (χ2n) is 7.25. The molecular formula is C19H26N6O. The van der Waals surface area contributed by atoms with Gasteiger partial charge in [-0.2, -0.15) is 0 Å². The second-order valence-corrected chi connectivity index (χ2v) is 7.25. The summed E-state index contributed by atoms with van der Waals surface area (Å²) in [6.45, 7) is 8.94. The summed E-state index contributed by atoms with van der Waals surface area (Å²) in [6, 6.07) is 3.52. The lowest BCUT2D eigenvalue weighted by molar-refractivity contribution is 0.0633. The van der Waals surface area contributed by atoms with Crippen molar-refractivity contribution in [3.05, 3.63) is 47.8 Å². The van der Waals surface area contributed by atoms with Gasteiger partial charge in [-0.3, -0.25) is 14.7 Å². The number of nitrogens with zero attached hydrogens (tertiary/aromatic N) is 6. The van der Waals surface area contributed by atoms with Crippen LogP contribution in [0.5, 0.6) is 0 Å². The molecule has 2 aromatic rings. The molecule has 4 rings (SSSR count). The summed E-state index contributed by atoms with van der Waals surface area (Å²) in [4.78, 5) is 28.3. The fraction of sp³-hybridized carbons (Fsp3) is 0.526. The highest BCUT2D eigenvalue weighted by atomic mass is 16.2. The van der Waals surface area contributed by atoms with Gasteiger partial charge in [0.25, 0.3) is 5.91 Å². The zero-order chi connectivity index (χ0) is 18.1. The van der Waals surface area contributed by atoms with Crippen molar-refractivity contribution in [2.75, 3.05) is 39.8 Å². The van der Waals surface area contributed by atoms with Gasteiger partial charge in [0.15, 0.2) is 0 Å². The summed E-state index contributed by atoms with van der Waals surface area (Å²) in [5.74, 6) is 1.04. The van der Waals surface area contributed by atoms with Crippen molar-refractivity contribution in [3.8, 4) is 0 Å². The fourth-order valence-electron chi connectivity index (χ4n) is 3.86. The summed E-state index contributed by atoms with van der Waals surface area (Å²) in [6.07, 6.45) is 5.32. The van der Waals surface area contributed by atoms with Crippen LogP contribution in [0.1, 0.15) is 34.8 Å². The molecule has 0 unspecified atom stereocenters. The third-order valence-corrected chi connectivity index (χ3v) is 5.54. The molecule has 2 aliphatic rings. The molecule has 0 radical (unpaired) electrons. The van der Waals surface area contributed by atoms with Crippen LogP contribution in [0.3, 0.4) is 0 Å². The zero-order valence-electron chi connectivity index (χ0n) is 15.5. The first-order chi connectivity index (χ1) is 12.6. The van der Waals surface area contributed by atoms with E-state index in [4.69, 9.17) is 0 Å². The van der Waals surface area contributed by atoms with Gasteiger partial charge in [0.05, 0.1) is 11.7 Å². The lowest BCUT2D eigenvalue weighted by Crippen LogP contribution is -2.45. The molecule has 0 aromatic carbocycles. The van der Waals surface area contributed by atoms with E-state index in [-0.39, 0.29) is 11.9 Å². The highest BCUT2D eigenvalue weighted by Gasteiger charge is 2.31. The van der Waals surface area contributed by atoms with Crippen LogP contribution >= 0.6 is 0 Å². The van der Waals surface area contributed by atoms with Gasteiger partial charge in [-0.05, 0) is 26.1 Å². The average Bonchev–Trinajstić information content (AvgIpc) is 3.08. The average molecular weight is 354 g/mol. The number of pyridine rings is 1. The van der Waals surface area contributed by atoms with Crippen LogP contribution in [0.15, 0.2) is 30.7 Å². The third-order valence-electron chi connectivity index (χ3n) is 5.54.